The summed E-state index contributed by atoms with van der Waals surface area (Å²) in [4.78, 5) is 39.3. The van der Waals surface area contributed by atoms with E-state index in [1.807, 2.05) is 13.8 Å². The van der Waals surface area contributed by atoms with Crippen LogP contribution < -0.4 is 5.32 Å². The van der Waals surface area contributed by atoms with Gasteiger partial charge in [0.1, 0.15) is 12.4 Å². The fourth-order valence-electron chi connectivity index (χ4n) is 4.64. The highest BCUT2D eigenvalue weighted by molar-refractivity contribution is 6.09. The Balaban J connectivity index is 0.00000248. The maximum Gasteiger partial charge on any atom is 0.303 e. The summed E-state index contributed by atoms with van der Waals surface area (Å²) < 4.78 is 25.5. The third-order valence-corrected chi connectivity index (χ3v) is 7.00. The predicted molar refractivity (Wildman–Crippen MR) is 145 cm³/mol. The highest BCUT2D eigenvalue weighted by Crippen LogP contribution is 2.35. The molecule has 1 atom stereocenters. The molecule has 1 aromatic carbocycles. The lowest BCUT2D eigenvalue weighted by Gasteiger charge is -2.44. The first kappa shape index (κ1) is 34.0. The van der Waals surface area contributed by atoms with E-state index in [4.69, 9.17) is 9.47 Å². The highest BCUT2D eigenvalue weighted by Gasteiger charge is 2.67. The van der Waals surface area contributed by atoms with Crippen molar-refractivity contribution >= 4 is 17.7 Å². The number of carbonyl (C=O) groups excluding carboxylic acids is 3. The predicted octanol–water partition coefficient (Wildman–Crippen LogP) is -1.59. The lowest BCUT2D eigenvalue weighted by Crippen LogP contribution is -2.79. The van der Waals surface area contributed by atoms with E-state index in [-0.39, 0.29) is 42.0 Å². The van der Waals surface area contributed by atoms with Crippen LogP contribution in [0.5, 0.6) is 0 Å². The van der Waals surface area contributed by atoms with E-state index < -0.39 is 53.6 Å². The number of benzene rings is 1. The van der Waals surface area contributed by atoms with Crippen LogP contribution in [0.3, 0.4) is 0 Å². The minimum Gasteiger partial charge on any atom is -0.496 e. The van der Waals surface area contributed by atoms with Crippen molar-refractivity contribution in [1.82, 2.24) is 15.1 Å². The molecule has 15 heteroatoms. The molecule has 3 aliphatic rings. The quantitative estimate of drug-likeness (QED) is 0.0808. The van der Waals surface area contributed by atoms with Gasteiger partial charge in [-0.25, -0.2) is 9.29 Å². The maximum absolute atomic E-state index is 14.9. The molecular weight excluding hydrogens is 573 g/mol. The number of carbonyl (C=O) groups is 3. The Bertz CT molecular complexity index is 1320. The number of hydrogen-bond donors (Lipinski definition) is 7. The zero-order valence-electron chi connectivity index (χ0n) is 23.9. The van der Waals surface area contributed by atoms with Crippen LogP contribution in [0.1, 0.15) is 31.9 Å². The van der Waals surface area contributed by atoms with Gasteiger partial charge in [0, 0.05) is 35.4 Å². The third kappa shape index (κ3) is 6.53. The molecule has 0 saturated carbocycles. The minimum atomic E-state index is -3.81. The van der Waals surface area contributed by atoms with Crippen molar-refractivity contribution in [2.24, 2.45) is 0 Å². The summed E-state index contributed by atoms with van der Waals surface area (Å²) >= 11 is 0. The highest BCUT2D eigenvalue weighted by atomic mass is 19.1. The maximum atomic E-state index is 14.9. The molecule has 1 unspecified atom stereocenters. The van der Waals surface area contributed by atoms with Crippen LogP contribution in [0.25, 0.3) is 0 Å². The molecule has 0 radical (unpaired) electrons. The van der Waals surface area contributed by atoms with Gasteiger partial charge in [-0.15, -0.1) is 0 Å². The van der Waals surface area contributed by atoms with Gasteiger partial charge in [0.05, 0.1) is 26.0 Å². The van der Waals surface area contributed by atoms with Gasteiger partial charge >= 0.3 is 5.79 Å². The Labute approximate surface area is 246 Å². The number of amides is 3. The fraction of sp³-hybridized carbons (Fsp3) is 0.464. The molecule has 0 spiro atoms. The van der Waals surface area contributed by atoms with E-state index in [0.717, 1.165) is 12.3 Å². The van der Waals surface area contributed by atoms with Gasteiger partial charge in [0.25, 0.3) is 29.4 Å². The van der Waals surface area contributed by atoms with Crippen LogP contribution in [-0.2, 0) is 36.4 Å². The molecular formula is C28H36FN3O11. The van der Waals surface area contributed by atoms with Gasteiger partial charge in [0.15, 0.2) is 6.04 Å². The lowest BCUT2D eigenvalue weighted by molar-refractivity contribution is -0.355. The molecule has 43 heavy (non-hydrogen) atoms. The lowest BCUT2D eigenvalue weighted by atomic mass is 9.90. The van der Waals surface area contributed by atoms with Crippen LogP contribution in [0.4, 0.5) is 4.39 Å². The Morgan fingerprint density at radius 1 is 1.14 bits per heavy atom. The number of nitrogens with zero attached hydrogens (tertiary/aromatic N) is 2. The number of ether oxygens (including phenoxy) is 2. The summed E-state index contributed by atoms with van der Waals surface area (Å²) in [6.45, 7) is 5.86. The van der Waals surface area contributed by atoms with Gasteiger partial charge < -0.3 is 45.0 Å². The van der Waals surface area contributed by atoms with E-state index in [1.54, 1.807) is 18.3 Å². The van der Waals surface area contributed by atoms with Crippen LogP contribution in [0, 0.1) is 5.82 Å². The molecule has 3 amide bonds. The van der Waals surface area contributed by atoms with E-state index in [2.05, 4.69) is 0 Å². The number of morpholine rings is 1. The smallest absolute Gasteiger partial charge is 0.303 e. The normalized spacial score (nSPS) is 24.4. The largest absolute Gasteiger partial charge is 0.496 e. The molecule has 236 valence electrons. The number of aliphatic hydroxyl groups is 6. The van der Waals surface area contributed by atoms with Crippen molar-refractivity contribution in [1.29, 1.82) is 0 Å². The van der Waals surface area contributed by atoms with Crippen LogP contribution >= 0.6 is 0 Å². The molecule has 7 N–H and O–H groups in total. The Kier molecular flexibility index (Phi) is 10.6. The molecule has 3 aliphatic heterocycles. The van der Waals surface area contributed by atoms with E-state index >= 15 is 0 Å². The average Bonchev–Trinajstić information content (AvgIpc) is 3.27. The summed E-state index contributed by atoms with van der Waals surface area (Å²) in [7, 11) is 0. The molecule has 0 aromatic heterocycles. The summed E-state index contributed by atoms with van der Waals surface area (Å²) in [5.74, 6) is -14.8. The molecule has 4 rings (SSSR count). The Hall–Kier alpha value is -3.54. The Morgan fingerprint density at radius 2 is 1.79 bits per heavy atom. The summed E-state index contributed by atoms with van der Waals surface area (Å²) in [6, 6.07) is 1.28. The Morgan fingerprint density at radius 3 is 2.40 bits per heavy atom. The number of allylic oxidation sites excluding steroid dienone is 3. The van der Waals surface area contributed by atoms with Gasteiger partial charge in [-0.1, -0.05) is 38.1 Å². The number of rotatable bonds is 7. The number of imide groups is 1. The first-order valence-corrected chi connectivity index (χ1v) is 13.5. The molecule has 0 bridgehead atoms. The summed E-state index contributed by atoms with van der Waals surface area (Å²) in [5, 5.41) is 63.3. The van der Waals surface area contributed by atoms with Crippen molar-refractivity contribution in [3.8, 4) is 0 Å². The van der Waals surface area contributed by atoms with Gasteiger partial charge in [-0.05, 0) is 19.1 Å². The second-order valence-electron chi connectivity index (χ2n) is 9.65. The number of likely N-dealkylation sites (tertiary alicyclic amines) is 1. The van der Waals surface area contributed by atoms with Gasteiger partial charge in [-0.2, -0.15) is 0 Å². The van der Waals surface area contributed by atoms with E-state index in [9.17, 15) is 49.4 Å². The monoisotopic (exact) mass is 609 g/mol. The van der Waals surface area contributed by atoms with Crippen molar-refractivity contribution in [2.75, 3.05) is 32.8 Å². The first-order chi connectivity index (χ1) is 20.2. The van der Waals surface area contributed by atoms with Crippen LogP contribution in [0.2, 0.25) is 0 Å². The van der Waals surface area contributed by atoms with Crippen molar-refractivity contribution in [3.63, 3.8) is 0 Å². The van der Waals surface area contributed by atoms with Gasteiger partial charge in [0.2, 0.25) is 0 Å². The van der Waals surface area contributed by atoms with Crippen molar-refractivity contribution in [3.05, 3.63) is 70.8 Å². The van der Waals surface area contributed by atoms with E-state index in [1.165, 1.54) is 29.2 Å². The molecule has 0 aliphatic carbocycles. The summed E-state index contributed by atoms with van der Waals surface area (Å²) in [6.07, 6.45) is 5.49. The van der Waals surface area contributed by atoms with Crippen molar-refractivity contribution < 1.29 is 58.9 Å². The third-order valence-electron chi connectivity index (χ3n) is 7.00. The molecule has 3 saturated heterocycles. The van der Waals surface area contributed by atoms with E-state index in [0.29, 0.717) is 18.1 Å². The number of halogens is 1. The standard InChI is InChI=1S/C26H30FN3O11.C2H6/c1-2-3-4-18-16(12-30(22(18)32)20-21(31)28-23(33)25(36,37)24(20,34)35)14-41-13-15-5-6-17(11-19(15)27)26(38,39)29-7-9-40-10-8-29;1-2/h2-6,11,14,20,34-39H,7-10,12-13H2,1H3,(H,28,31,33);1-2H3/b3-2-,16-14+,18-4+;. The zero-order valence-corrected chi connectivity index (χ0v) is 23.9. The molecule has 14 nitrogen and oxygen atoms in total. The SMILES string of the molecule is CC.C\C=C/C=C1/C(=O)N(C2C(=O)NC(=O)C(O)(O)C2(O)O)C/C1=C\OCc1ccc(C(O)(O)N2CCOCC2)cc1F. The molecule has 1 aromatic rings. The fourth-order valence-corrected chi connectivity index (χ4v) is 4.64. The van der Waals surface area contributed by atoms with Crippen LogP contribution in [0.15, 0.2) is 53.8 Å². The average molecular weight is 610 g/mol. The molecule has 3 heterocycles. The molecule has 3 fully saturated rings. The minimum absolute atomic E-state index is 0.0313. The number of nitrogens with one attached hydrogen (secondary N) is 1. The second kappa shape index (κ2) is 13.4. The van der Waals surface area contributed by atoms with Crippen LogP contribution in [-0.4, -0.2) is 109 Å². The van der Waals surface area contributed by atoms with Crippen molar-refractivity contribution in [2.45, 2.75) is 50.9 Å². The second-order valence-corrected chi connectivity index (χ2v) is 9.65. The van der Waals surface area contributed by atoms with Gasteiger partial charge in [-0.3, -0.25) is 19.7 Å². The number of piperidine rings is 1. The zero-order chi connectivity index (χ0) is 32.2. The topological polar surface area (TPSA) is 210 Å². The summed E-state index contributed by atoms with van der Waals surface area (Å²) in [5.41, 5.74) is -0.0121. The first-order valence-electron chi connectivity index (χ1n) is 13.5. The number of hydrogen-bond acceptors (Lipinski definition) is 12.